The number of hydrogen-bond donors (Lipinski definition) is 2. The van der Waals surface area contributed by atoms with Gasteiger partial charge < -0.3 is 29.9 Å². The summed E-state index contributed by atoms with van der Waals surface area (Å²) < 4.78 is 11.6. The Morgan fingerprint density at radius 2 is 1.83 bits per heavy atom. The summed E-state index contributed by atoms with van der Waals surface area (Å²) in [6, 6.07) is 5.38. The molecule has 2 aliphatic heterocycles. The second kappa shape index (κ2) is 13.2. The predicted octanol–water partition coefficient (Wildman–Crippen LogP) is 2.75. The molecule has 1 aromatic rings. The van der Waals surface area contributed by atoms with Crippen molar-refractivity contribution in [2.75, 3.05) is 32.8 Å². The molecule has 41 heavy (non-hydrogen) atoms. The van der Waals surface area contributed by atoms with Crippen LogP contribution in [0.25, 0.3) is 0 Å². The number of carbonyl (C=O) groups is 4. The summed E-state index contributed by atoms with van der Waals surface area (Å²) in [6.07, 6.45) is 3.64. The molecular formula is C31H46N4O6. The largest absolute Gasteiger partial charge is 0.483 e. The van der Waals surface area contributed by atoms with Crippen LogP contribution in [0, 0.1) is 11.8 Å². The number of morpholine rings is 1. The van der Waals surface area contributed by atoms with Gasteiger partial charge in [-0.15, -0.1) is 0 Å². The molecule has 1 saturated carbocycles. The molecule has 0 aromatic heterocycles. The van der Waals surface area contributed by atoms with Crippen LogP contribution in [-0.4, -0.2) is 90.0 Å². The van der Waals surface area contributed by atoms with Crippen LogP contribution >= 0.6 is 0 Å². The number of nitrogens with zero attached hydrogens (tertiary/aromatic N) is 2. The van der Waals surface area contributed by atoms with Crippen LogP contribution in [0.3, 0.4) is 0 Å². The van der Waals surface area contributed by atoms with Crippen molar-refractivity contribution in [1.29, 1.82) is 0 Å². The zero-order valence-electron chi connectivity index (χ0n) is 25.1. The molecule has 1 aromatic carbocycles. The molecule has 0 spiro atoms. The predicted molar refractivity (Wildman–Crippen MR) is 154 cm³/mol. The lowest BCUT2D eigenvalue weighted by Crippen LogP contribution is -2.57. The average molecular weight is 571 g/mol. The highest BCUT2D eigenvalue weighted by atomic mass is 16.5. The third kappa shape index (κ3) is 7.99. The molecule has 2 N–H and O–H groups in total. The number of hydrogen-bond acceptors (Lipinski definition) is 6. The van der Waals surface area contributed by atoms with Gasteiger partial charge in [0.2, 0.25) is 11.8 Å². The van der Waals surface area contributed by atoms with Gasteiger partial charge in [-0.2, -0.15) is 0 Å². The zero-order valence-corrected chi connectivity index (χ0v) is 25.1. The van der Waals surface area contributed by atoms with Gasteiger partial charge in [-0.3, -0.25) is 19.2 Å². The maximum atomic E-state index is 13.9. The average Bonchev–Trinajstić information content (AvgIpc) is 3.46. The Bertz CT molecular complexity index is 1120. The van der Waals surface area contributed by atoms with E-state index in [0.717, 1.165) is 19.3 Å². The van der Waals surface area contributed by atoms with Crippen molar-refractivity contribution in [3.05, 3.63) is 29.8 Å². The molecule has 226 valence electrons. The smallest absolute Gasteiger partial charge is 0.258 e. The lowest BCUT2D eigenvalue weighted by atomic mass is 10.0. The molecule has 0 radical (unpaired) electrons. The van der Waals surface area contributed by atoms with Crippen LogP contribution in [-0.2, 0) is 19.1 Å². The van der Waals surface area contributed by atoms with Crippen molar-refractivity contribution in [2.45, 2.75) is 90.4 Å². The molecule has 2 heterocycles. The van der Waals surface area contributed by atoms with E-state index >= 15 is 0 Å². The Hall–Kier alpha value is -3.14. The summed E-state index contributed by atoms with van der Waals surface area (Å²) in [5.74, 6) is -0.282. The first-order valence-corrected chi connectivity index (χ1v) is 15.0. The number of para-hydroxylation sites is 1. The van der Waals surface area contributed by atoms with E-state index in [-0.39, 0.29) is 53.2 Å². The van der Waals surface area contributed by atoms with Crippen LogP contribution in [0.15, 0.2) is 24.3 Å². The second-order valence-corrected chi connectivity index (χ2v) is 12.7. The Kier molecular flexibility index (Phi) is 9.94. The molecule has 1 aliphatic carbocycles. The quantitative estimate of drug-likeness (QED) is 0.423. The Labute approximate surface area is 243 Å². The number of amides is 4. The van der Waals surface area contributed by atoms with Crippen molar-refractivity contribution in [2.24, 2.45) is 11.8 Å². The summed E-state index contributed by atoms with van der Waals surface area (Å²) in [4.78, 5) is 56.7. The van der Waals surface area contributed by atoms with Crippen molar-refractivity contribution < 1.29 is 28.7 Å². The van der Waals surface area contributed by atoms with Gasteiger partial charge in [-0.1, -0.05) is 39.8 Å². The number of nitrogens with one attached hydrogen (secondary N) is 2. The Morgan fingerprint density at radius 1 is 1.10 bits per heavy atom. The normalized spacial score (nSPS) is 22.4. The molecule has 10 nitrogen and oxygen atoms in total. The van der Waals surface area contributed by atoms with Crippen molar-refractivity contribution >= 4 is 23.6 Å². The van der Waals surface area contributed by atoms with Gasteiger partial charge in [-0.25, -0.2) is 0 Å². The lowest BCUT2D eigenvalue weighted by Gasteiger charge is -2.38. The van der Waals surface area contributed by atoms with E-state index in [1.54, 1.807) is 29.2 Å². The fourth-order valence-corrected chi connectivity index (χ4v) is 5.51. The van der Waals surface area contributed by atoms with Crippen LogP contribution in [0.2, 0.25) is 0 Å². The Morgan fingerprint density at radius 3 is 2.51 bits per heavy atom. The van der Waals surface area contributed by atoms with Gasteiger partial charge in [0.05, 0.1) is 18.3 Å². The standard InChI is InChI=1S/C31H46N4O6/c1-20(2)17-23(29(38)35-14-8-10-24(35)30(39)34-15-16-40-26(18-34)21(3)4)32-28(37)22-9-6-7-11-25(22)41-19-27(36)33-31(5)12-13-31/h6-7,9,11,20-21,23-24,26H,8,10,12-19H2,1-5H3,(H,32,37)(H,33,36)/t23-,24-,26-/m1/s1. The zero-order chi connectivity index (χ0) is 29.7. The lowest BCUT2D eigenvalue weighted by molar-refractivity contribution is -0.150. The summed E-state index contributed by atoms with van der Waals surface area (Å²) in [6.45, 7) is 11.9. The second-order valence-electron chi connectivity index (χ2n) is 12.7. The topological polar surface area (TPSA) is 117 Å². The van der Waals surface area contributed by atoms with Crippen LogP contribution < -0.4 is 15.4 Å². The third-order valence-corrected chi connectivity index (χ3v) is 8.21. The van der Waals surface area contributed by atoms with Gasteiger partial charge >= 0.3 is 0 Å². The third-order valence-electron chi connectivity index (χ3n) is 8.21. The SMILES string of the molecule is CC(C)C[C@@H](NC(=O)c1ccccc1OCC(=O)NC1(C)CC1)C(=O)N1CCC[C@@H]1C(=O)N1CCO[C@@H](C(C)C)C1. The van der Waals surface area contributed by atoms with E-state index in [9.17, 15) is 19.2 Å². The first-order valence-electron chi connectivity index (χ1n) is 15.0. The highest BCUT2D eigenvalue weighted by Gasteiger charge is 2.41. The summed E-state index contributed by atoms with van der Waals surface area (Å²) >= 11 is 0. The Balaban J connectivity index is 1.43. The first-order chi connectivity index (χ1) is 19.5. The maximum Gasteiger partial charge on any atom is 0.258 e. The minimum Gasteiger partial charge on any atom is -0.483 e. The highest BCUT2D eigenvalue weighted by molar-refractivity contribution is 6.00. The fraction of sp³-hybridized carbons (Fsp3) is 0.677. The molecule has 3 aliphatic rings. The van der Waals surface area contributed by atoms with E-state index in [2.05, 4.69) is 24.5 Å². The van der Waals surface area contributed by atoms with Gasteiger partial charge in [0.15, 0.2) is 6.61 Å². The highest BCUT2D eigenvalue weighted by Crippen LogP contribution is 2.34. The molecule has 2 saturated heterocycles. The minimum atomic E-state index is -0.796. The number of likely N-dealkylation sites (tertiary alicyclic amines) is 1. The van der Waals surface area contributed by atoms with Crippen molar-refractivity contribution in [3.8, 4) is 5.75 Å². The first kappa shape index (κ1) is 30.8. The van der Waals surface area contributed by atoms with Gasteiger partial charge in [0.25, 0.3) is 11.8 Å². The van der Waals surface area contributed by atoms with E-state index in [1.165, 1.54) is 0 Å². The van der Waals surface area contributed by atoms with Crippen molar-refractivity contribution in [3.63, 3.8) is 0 Å². The fourth-order valence-electron chi connectivity index (χ4n) is 5.51. The molecule has 10 heteroatoms. The van der Waals surface area contributed by atoms with Crippen molar-refractivity contribution in [1.82, 2.24) is 20.4 Å². The molecule has 3 fully saturated rings. The van der Waals surface area contributed by atoms with E-state index in [1.807, 2.05) is 25.7 Å². The van der Waals surface area contributed by atoms with Crippen LogP contribution in [0.5, 0.6) is 5.75 Å². The number of carbonyl (C=O) groups excluding carboxylic acids is 4. The van der Waals surface area contributed by atoms with Gasteiger partial charge in [-0.05, 0) is 63.0 Å². The molecule has 4 amide bonds. The number of ether oxygens (including phenoxy) is 2. The number of rotatable bonds is 11. The van der Waals surface area contributed by atoms with E-state index < -0.39 is 18.0 Å². The maximum absolute atomic E-state index is 13.9. The van der Waals surface area contributed by atoms with E-state index in [4.69, 9.17) is 9.47 Å². The molecule has 3 atom stereocenters. The van der Waals surface area contributed by atoms with Gasteiger partial charge in [0.1, 0.15) is 17.8 Å². The minimum absolute atomic E-state index is 0.0172. The monoisotopic (exact) mass is 570 g/mol. The number of benzene rings is 1. The molecular weight excluding hydrogens is 524 g/mol. The van der Waals surface area contributed by atoms with Gasteiger partial charge in [0, 0.05) is 25.2 Å². The van der Waals surface area contributed by atoms with Crippen LogP contribution in [0.4, 0.5) is 0 Å². The van der Waals surface area contributed by atoms with E-state index in [0.29, 0.717) is 45.0 Å². The summed E-state index contributed by atoms with van der Waals surface area (Å²) in [5.41, 5.74) is 0.0932. The van der Waals surface area contributed by atoms with Crippen LogP contribution in [0.1, 0.15) is 77.1 Å². The molecule has 4 rings (SSSR count). The molecule has 0 unspecified atom stereocenters. The summed E-state index contributed by atoms with van der Waals surface area (Å²) in [7, 11) is 0. The molecule has 0 bridgehead atoms. The summed E-state index contributed by atoms with van der Waals surface area (Å²) in [5, 5.41) is 5.86.